The Hall–Kier alpha value is -2.58. The monoisotopic (exact) mass is 498 g/mol. The SMILES string of the molecule is O=C(NC1CCCCCC1)C1(c2ccccc2)CCN(S(=O)(=O)c2ccc3c(c2)OCCO3)CC1. The van der Waals surface area contributed by atoms with Crippen LogP contribution in [0.2, 0.25) is 0 Å². The van der Waals surface area contributed by atoms with Gasteiger partial charge in [-0.25, -0.2) is 8.42 Å². The third-order valence-electron chi connectivity index (χ3n) is 7.68. The Balaban J connectivity index is 1.36. The number of hydrogen-bond acceptors (Lipinski definition) is 5. The molecule has 2 heterocycles. The lowest BCUT2D eigenvalue weighted by molar-refractivity contribution is -0.129. The third-order valence-corrected chi connectivity index (χ3v) is 9.57. The predicted molar refractivity (Wildman–Crippen MR) is 133 cm³/mol. The number of nitrogens with one attached hydrogen (secondary N) is 1. The Labute approximate surface area is 207 Å². The minimum atomic E-state index is -3.72. The molecule has 1 saturated heterocycles. The van der Waals surface area contributed by atoms with Gasteiger partial charge in [-0.1, -0.05) is 56.0 Å². The van der Waals surface area contributed by atoms with Crippen molar-refractivity contribution in [3.8, 4) is 11.5 Å². The zero-order valence-electron chi connectivity index (χ0n) is 20.1. The summed E-state index contributed by atoms with van der Waals surface area (Å²) in [5, 5.41) is 3.35. The Kier molecular flexibility index (Phi) is 7.02. The first-order valence-corrected chi connectivity index (χ1v) is 14.2. The molecule has 7 nitrogen and oxygen atoms in total. The summed E-state index contributed by atoms with van der Waals surface area (Å²) in [5.74, 6) is 1.05. The first-order chi connectivity index (χ1) is 17.0. The van der Waals surface area contributed by atoms with Gasteiger partial charge in [0, 0.05) is 25.2 Å². The Morgan fingerprint density at radius 2 is 1.54 bits per heavy atom. The van der Waals surface area contributed by atoms with Crippen LogP contribution in [-0.4, -0.2) is 51.0 Å². The molecule has 1 saturated carbocycles. The fourth-order valence-corrected chi connectivity index (χ4v) is 7.05. The quantitative estimate of drug-likeness (QED) is 0.630. The topological polar surface area (TPSA) is 84.9 Å². The maximum Gasteiger partial charge on any atom is 0.243 e. The average Bonchev–Trinajstić information content (AvgIpc) is 3.17. The van der Waals surface area contributed by atoms with E-state index in [0.717, 1.165) is 31.2 Å². The second-order valence-electron chi connectivity index (χ2n) is 9.82. The van der Waals surface area contributed by atoms with Crippen molar-refractivity contribution in [3.63, 3.8) is 0 Å². The highest BCUT2D eigenvalue weighted by Crippen LogP contribution is 2.39. The molecule has 5 rings (SSSR count). The Morgan fingerprint density at radius 3 is 2.23 bits per heavy atom. The van der Waals surface area contributed by atoms with Crippen LogP contribution in [0.25, 0.3) is 0 Å². The van der Waals surface area contributed by atoms with Gasteiger partial charge in [0.1, 0.15) is 13.2 Å². The first-order valence-electron chi connectivity index (χ1n) is 12.8. The lowest BCUT2D eigenvalue weighted by Crippen LogP contribution is -2.54. The molecule has 2 aliphatic heterocycles. The van der Waals surface area contributed by atoms with E-state index in [9.17, 15) is 13.2 Å². The highest BCUT2D eigenvalue weighted by atomic mass is 32.2. The molecule has 1 amide bonds. The van der Waals surface area contributed by atoms with Gasteiger partial charge in [-0.05, 0) is 43.4 Å². The summed E-state index contributed by atoms with van der Waals surface area (Å²) >= 11 is 0. The molecule has 2 fully saturated rings. The minimum Gasteiger partial charge on any atom is -0.486 e. The number of sulfonamides is 1. The van der Waals surface area contributed by atoms with E-state index in [0.29, 0.717) is 37.6 Å². The lowest BCUT2D eigenvalue weighted by atomic mass is 9.72. The zero-order chi connectivity index (χ0) is 24.3. The molecule has 1 aliphatic carbocycles. The number of nitrogens with zero attached hydrogens (tertiary/aromatic N) is 1. The highest BCUT2D eigenvalue weighted by molar-refractivity contribution is 7.89. The third kappa shape index (κ3) is 4.91. The van der Waals surface area contributed by atoms with Crippen LogP contribution < -0.4 is 14.8 Å². The van der Waals surface area contributed by atoms with Gasteiger partial charge in [0.25, 0.3) is 0 Å². The van der Waals surface area contributed by atoms with Crippen LogP contribution in [0, 0.1) is 0 Å². The molecule has 2 aromatic rings. The van der Waals surface area contributed by atoms with Gasteiger partial charge in [0.2, 0.25) is 15.9 Å². The van der Waals surface area contributed by atoms with Crippen LogP contribution >= 0.6 is 0 Å². The first kappa shape index (κ1) is 24.1. The summed E-state index contributed by atoms with van der Waals surface area (Å²) in [6.45, 7) is 1.42. The van der Waals surface area contributed by atoms with Gasteiger partial charge < -0.3 is 14.8 Å². The predicted octanol–water partition coefficient (Wildman–Crippen LogP) is 4.02. The second kappa shape index (κ2) is 10.2. The van der Waals surface area contributed by atoms with Crippen LogP contribution in [0.15, 0.2) is 53.4 Å². The molecule has 0 bridgehead atoms. The van der Waals surface area contributed by atoms with E-state index in [1.54, 1.807) is 18.2 Å². The number of carbonyl (C=O) groups is 1. The summed E-state index contributed by atoms with van der Waals surface area (Å²) in [5.41, 5.74) is 0.231. The molecule has 0 atom stereocenters. The Bertz CT molecular complexity index is 1140. The molecule has 0 spiro atoms. The summed E-state index contributed by atoms with van der Waals surface area (Å²) in [7, 11) is -3.72. The van der Waals surface area contributed by atoms with Crippen LogP contribution in [0.1, 0.15) is 56.9 Å². The molecule has 188 valence electrons. The van der Waals surface area contributed by atoms with Gasteiger partial charge in [0.05, 0.1) is 10.3 Å². The van der Waals surface area contributed by atoms with Crippen molar-refractivity contribution < 1.29 is 22.7 Å². The van der Waals surface area contributed by atoms with Gasteiger partial charge in [0.15, 0.2) is 11.5 Å². The number of piperidine rings is 1. The van der Waals surface area contributed by atoms with Crippen LogP contribution in [0.5, 0.6) is 11.5 Å². The van der Waals surface area contributed by atoms with Crippen LogP contribution in [-0.2, 0) is 20.2 Å². The number of hydrogen-bond donors (Lipinski definition) is 1. The molecule has 35 heavy (non-hydrogen) atoms. The molecular weight excluding hydrogens is 464 g/mol. The van der Waals surface area contributed by atoms with Gasteiger partial charge in [-0.15, -0.1) is 0 Å². The van der Waals surface area contributed by atoms with E-state index in [-0.39, 0.29) is 29.9 Å². The van der Waals surface area contributed by atoms with E-state index in [1.165, 1.54) is 17.1 Å². The maximum atomic E-state index is 13.8. The van der Waals surface area contributed by atoms with Crippen molar-refractivity contribution in [2.45, 2.75) is 67.7 Å². The Morgan fingerprint density at radius 1 is 0.886 bits per heavy atom. The fraction of sp³-hybridized carbons (Fsp3) is 0.519. The highest BCUT2D eigenvalue weighted by Gasteiger charge is 2.45. The number of fused-ring (bicyclic) bond motifs is 1. The fourth-order valence-electron chi connectivity index (χ4n) is 5.59. The smallest absolute Gasteiger partial charge is 0.243 e. The van der Waals surface area contributed by atoms with E-state index < -0.39 is 15.4 Å². The van der Waals surface area contributed by atoms with E-state index in [4.69, 9.17) is 9.47 Å². The van der Waals surface area contributed by atoms with E-state index in [2.05, 4.69) is 5.32 Å². The van der Waals surface area contributed by atoms with Gasteiger partial charge in [-0.2, -0.15) is 4.31 Å². The summed E-state index contributed by atoms with van der Waals surface area (Å²) in [4.78, 5) is 14.0. The molecule has 3 aliphatic rings. The van der Waals surface area contributed by atoms with Crippen molar-refractivity contribution >= 4 is 15.9 Å². The normalized spacial score (nSPS) is 21.1. The van der Waals surface area contributed by atoms with Crippen molar-refractivity contribution in [2.75, 3.05) is 26.3 Å². The lowest BCUT2D eigenvalue weighted by Gasteiger charge is -2.41. The number of amides is 1. The largest absolute Gasteiger partial charge is 0.486 e. The van der Waals surface area contributed by atoms with E-state index >= 15 is 0 Å². The van der Waals surface area contributed by atoms with Crippen LogP contribution in [0.3, 0.4) is 0 Å². The van der Waals surface area contributed by atoms with Crippen molar-refractivity contribution in [2.24, 2.45) is 0 Å². The number of ether oxygens (including phenoxy) is 2. The number of carbonyl (C=O) groups excluding carboxylic acids is 1. The summed E-state index contributed by atoms with van der Waals surface area (Å²) in [6.07, 6.45) is 7.66. The van der Waals surface area contributed by atoms with E-state index in [1.807, 2.05) is 30.3 Å². The molecule has 8 heteroatoms. The second-order valence-corrected chi connectivity index (χ2v) is 11.8. The number of rotatable bonds is 5. The van der Waals surface area contributed by atoms with Crippen LogP contribution in [0.4, 0.5) is 0 Å². The van der Waals surface area contributed by atoms with Crippen molar-refractivity contribution in [1.29, 1.82) is 0 Å². The molecule has 0 unspecified atom stereocenters. The van der Waals surface area contributed by atoms with Gasteiger partial charge >= 0.3 is 0 Å². The average molecular weight is 499 g/mol. The molecular formula is C27H34N2O5S. The minimum absolute atomic E-state index is 0.0342. The standard InChI is InChI=1S/C27H34N2O5S/c30-26(28-22-10-6-1-2-7-11-22)27(21-8-4-3-5-9-21)14-16-29(17-15-27)35(31,32)23-12-13-24-25(20-23)34-19-18-33-24/h3-5,8-9,12-13,20,22H,1-2,6-7,10-11,14-19H2,(H,28,30). The number of benzene rings is 2. The summed E-state index contributed by atoms with van der Waals surface area (Å²) < 4.78 is 39.6. The molecule has 1 N–H and O–H groups in total. The molecule has 0 aromatic heterocycles. The van der Waals surface area contributed by atoms with Gasteiger partial charge in [-0.3, -0.25) is 4.79 Å². The zero-order valence-corrected chi connectivity index (χ0v) is 20.9. The van der Waals surface area contributed by atoms with Crippen molar-refractivity contribution in [3.05, 3.63) is 54.1 Å². The molecule has 2 aromatic carbocycles. The maximum absolute atomic E-state index is 13.8. The molecule has 0 radical (unpaired) electrons. The summed E-state index contributed by atoms with van der Waals surface area (Å²) in [6, 6.07) is 14.8. The van der Waals surface area contributed by atoms with Crippen molar-refractivity contribution in [1.82, 2.24) is 9.62 Å².